The molecule has 1 fully saturated rings. The van der Waals surface area contributed by atoms with Gasteiger partial charge in [-0.2, -0.15) is 0 Å². The summed E-state index contributed by atoms with van der Waals surface area (Å²) in [5, 5.41) is 0.606. The van der Waals surface area contributed by atoms with Crippen molar-refractivity contribution in [1.29, 1.82) is 0 Å². The van der Waals surface area contributed by atoms with Crippen LogP contribution >= 0.6 is 11.6 Å². The normalized spacial score (nSPS) is 13.3. The third kappa shape index (κ3) is 6.22. The van der Waals surface area contributed by atoms with Crippen LogP contribution in [0.1, 0.15) is 15.9 Å². The van der Waals surface area contributed by atoms with Gasteiger partial charge in [-0.25, -0.2) is 9.78 Å². The Labute approximate surface area is 209 Å². The van der Waals surface area contributed by atoms with Crippen LogP contribution in [-0.4, -0.2) is 61.7 Å². The van der Waals surface area contributed by atoms with E-state index in [9.17, 15) is 9.59 Å². The third-order valence-corrected chi connectivity index (χ3v) is 6.04. The van der Waals surface area contributed by atoms with Gasteiger partial charge in [0.15, 0.2) is 18.1 Å². The number of carbonyl (C=O) groups excluding carboxylic acids is 2. The molecule has 0 bridgehead atoms. The van der Waals surface area contributed by atoms with Gasteiger partial charge < -0.3 is 24.0 Å². The van der Waals surface area contributed by atoms with Crippen LogP contribution in [0.25, 0.3) is 0 Å². The molecule has 0 radical (unpaired) electrons. The molecule has 0 saturated carbocycles. The summed E-state index contributed by atoms with van der Waals surface area (Å²) >= 11 is 6.17. The van der Waals surface area contributed by atoms with Crippen LogP contribution < -0.4 is 14.4 Å². The Kier molecular flexibility index (Phi) is 8.05. The van der Waals surface area contributed by atoms with Crippen molar-refractivity contribution < 1.29 is 23.8 Å². The fourth-order valence-electron chi connectivity index (χ4n) is 3.71. The Bertz CT molecular complexity index is 1170. The molecule has 0 unspecified atom stereocenters. The fraction of sp³-hybridized carbons (Fsp3) is 0.269. The number of ether oxygens (including phenoxy) is 3. The second-order valence-corrected chi connectivity index (χ2v) is 8.28. The first-order valence-corrected chi connectivity index (χ1v) is 11.6. The molecule has 1 aliphatic heterocycles. The van der Waals surface area contributed by atoms with E-state index < -0.39 is 5.97 Å². The van der Waals surface area contributed by atoms with Crippen molar-refractivity contribution >= 4 is 29.3 Å². The lowest BCUT2D eigenvalue weighted by Gasteiger charge is -2.35. The molecule has 2 aromatic carbocycles. The minimum absolute atomic E-state index is 0.231. The molecule has 1 amide bonds. The monoisotopic (exact) mass is 495 g/mol. The molecule has 0 atom stereocenters. The number of rotatable bonds is 8. The average Bonchev–Trinajstić information content (AvgIpc) is 2.91. The van der Waals surface area contributed by atoms with E-state index in [0.717, 1.165) is 11.4 Å². The highest BCUT2D eigenvalue weighted by molar-refractivity contribution is 6.31. The van der Waals surface area contributed by atoms with Gasteiger partial charge in [-0.3, -0.25) is 4.79 Å². The van der Waals surface area contributed by atoms with Gasteiger partial charge in [-0.1, -0.05) is 35.9 Å². The maximum absolute atomic E-state index is 12.6. The number of aromatic nitrogens is 1. The molecular weight excluding hydrogens is 470 g/mol. The van der Waals surface area contributed by atoms with E-state index in [1.165, 1.54) is 13.2 Å². The molecule has 0 N–H and O–H groups in total. The molecule has 2 heterocycles. The summed E-state index contributed by atoms with van der Waals surface area (Å²) in [6.45, 7) is 2.35. The molecule has 0 aliphatic carbocycles. The van der Waals surface area contributed by atoms with Crippen molar-refractivity contribution in [1.82, 2.24) is 9.88 Å². The molecule has 1 aliphatic rings. The molecule has 35 heavy (non-hydrogen) atoms. The minimum atomic E-state index is -0.610. The number of esters is 1. The number of anilines is 1. The highest BCUT2D eigenvalue weighted by Crippen LogP contribution is 2.30. The van der Waals surface area contributed by atoms with Gasteiger partial charge in [-0.05, 0) is 36.4 Å². The summed E-state index contributed by atoms with van der Waals surface area (Å²) < 4.78 is 16.5. The van der Waals surface area contributed by atoms with Gasteiger partial charge in [0.25, 0.3) is 5.91 Å². The van der Waals surface area contributed by atoms with Crippen molar-refractivity contribution in [3.05, 3.63) is 83.0 Å². The van der Waals surface area contributed by atoms with Crippen LogP contribution in [0.5, 0.6) is 11.5 Å². The number of halogens is 1. The standard InChI is InChI=1S/C26H26ClN3O5/c1-33-23-16-19(9-10-22(23)34-17-20-6-2-3-7-21(20)27)26(32)35-18-25(31)30-14-12-29(13-15-30)24-8-4-5-11-28-24/h2-11,16H,12-15,17-18H2,1H3. The van der Waals surface area contributed by atoms with Gasteiger partial charge in [0, 0.05) is 43.0 Å². The lowest BCUT2D eigenvalue weighted by atomic mass is 10.2. The van der Waals surface area contributed by atoms with Crippen molar-refractivity contribution in [3.8, 4) is 11.5 Å². The number of hydrogen-bond acceptors (Lipinski definition) is 7. The molecule has 182 valence electrons. The molecule has 9 heteroatoms. The smallest absolute Gasteiger partial charge is 0.338 e. The van der Waals surface area contributed by atoms with Gasteiger partial charge in [-0.15, -0.1) is 0 Å². The van der Waals surface area contributed by atoms with E-state index in [1.54, 1.807) is 29.3 Å². The summed E-state index contributed by atoms with van der Waals surface area (Å²) in [7, 11) is 1.49. The number of piperazine rings is 1. The zero-order chi connectivity index (χ0) is 24.6. The van der Waals surface area contributed by atoms with Crippen LogP contribution in [-0.2, 0) is 16.1 Å². The second kappa shape index (κ2) is 11.6. The zero-order valence-electron chi connectivity index (χ0n) is 19.4. The molecular formula is C26H26ClN3O5. The Hall–Kier alpha value is -3.78. The summed E-state index contributed by atoms with van der Waals surface area (Å²) in [5.41, 5.74) is 1.10. The van der Waals surface area contributed by atoms with E-state index in [2.05, 4.69) is 9.88 Å². The Morgan fingerprint density at radius 3 is 2.46 bits per heavy atom. The van der Waals surface area contributed by atoms with Gasteiger partial charge in [0.2, 0.25) is 0 Å². The van der Waals surface area contributed by atoms with Crippen molar-refractivity contribution in [2.45, 2.75) is 6.61 Å². The van der Waals surface area contributed by atoms with E-state index in [4.69, 9.17) is 25.8 Å². The highest BCUT2D eigenvalue weighted by atomic mass is 35.5. The first kappa shape index (κ1) is 24.3. The van der Waals surface area contributed by atoms with Crippen molar-refractivity contribution in [2.24, 2.45) is 0 Å². The molecule has 4 rings (SSSR count). The zero-order valence-corrected chi connectivity index (χ0v) is 20.1. The number of benzene rings is 2. The first-order chi connectivity index (χ1) is 17.0. The lowest BCUT2D eigenvalue weighted by molar-refractivity contribution is -0.134. The summed E-state index contributed by atoms with van der Waals surface area (Å²) in [4.78, 5) is 33.3. The van der Waals surface area contributed by atoms with E-state index in [0.29, 0.717) is 42.7 Å². The lowest BCUT2D eigenvalue weighted by Crippen LogP contribution is -2.50. The van der Waals surface area contributed by atoms with Crippen molar-refractivity contribution in [2.75, 3.05) is 44.8 Å². The van der Waals surface area contributed by atoms with Gasteiger partial charge >= 0.3 is 5.97 Å². The SMILES string of the molecule is COc1cc(C(=O)OCC(=O)N2CCN(c3ccccn3)CC2)ccc1OCc1ccccc1Cl. The molecule has 0 spiro atoms. The van der Waals surface area contributed by atoms with Crippen LogP contribution in [0.4, 0.5) is 5.82 Å². The predicted octanol–water partition coefficient (Wildman–Crippen LogP) is 3.83. The van der Waals surface area contributed by atoms with Crippen LogP contribution in [0.15, 0.2) is 66.9 Å². The average molecular weight is 496 g/mol. The number of amides is 1. The summed E-state index contributed by atoms with van der Waals surface area (Å²) in [6, 6.07) is 17.9. The predicted molar refractivity (Wildman–Crippen MR) is 132 cm³/mol. The number of carbonyl (C=O) groups is 2. The van der Waals surface area contributed by atoms with Gasteiger partial charge in [0.05, 0.1) is 12.7 Å². The summed E-state index contributed by atoms with van der Waals surface area (Å²) in [6.07, 6.45) is 1.75. The topological polar surface area (TPSA) is 81.2 Å². The van der Waals surface area contributed by atoms with E-state index in [-0.39, 0.29) is 24.7 Å². The number of methoxy groups -OCH3 is 1. The largest absolute Gasteiger partial charge is 0.493 e. The van der Waals surface area contributed by atoms with Gasteiger partial charge in [0.1, 0.15) is 12.4 Å². The second-order valence-electron chi connectivity index (χ2n) is 7.88. The molecule has 1 saturated heterocycles. The maximum Gasteiger partial charge on any atom is 0.338 e. The maximum atomic E-state index is 12.6. The fourth-order valence-corrected chi connectivity index (χ4v) is 3.90. The van der Waals surface area contributed by atoms with E-state index in [1.807, 2.05) is 36.4 Å². The van der Waals surface area contributed by atoms with Crippen molar-refractivity contribution in [3.63, 3.8) is 0 Å². The highest BCUT2D eigenvalue weighted by Gasteiger charge is 2.23. The first-order valence-electron chi connectivity index (χ1n) is 11.2. The quantitative estimate of drug-likeness (QED) is 0.439. The molecule has 8 nitrogen and oxygen atoms in total. The Morgan fingerprint density at radius 1 is 0.971 bits per heavy atom. The van der Waals surface area contributed by atoms with Crippen LogP contribution in [0, 0.1) is 0 Å². The van der Waals surface area contributed by atoms with E-state index >= 15 is 0 Å². The minimum Gasteiger partial charge on any atom is -0.493 e. The number of hydrogen-bond donors (Lipinski definition) is 0. The molecule has 1 aromatic heterocycles. The Morgan fingerprint density at radius 2 is 1.74 bits per heavy atom. The van der Waals surface area contributed by atoms with Crippen LogP contribution in [0.3, 0.4) is 0 Å². The third-order valence-electron chi connectivity index (χ3n) is 5.67. The number of nitrogens with zero attached hydrogens (tertiary/aromatic N) is 3. The Balaban J connectivity index is 1.28. The molecule has 3 aromatic rings. The van der Waals surface area contributed by atoms with Crippen LogP contribution in [0.2, 0.25) is 5.02 Å². The number of pyridine rings is 1. The summed E-state index contributed by atoms with van der Waals surface area (Å²) in [5.74, 6) is 0.890.